The van der Waals surface area contributed by atoms with Crippen LogP contribution in [-0.4, -0.2) is 60.9 Å². The van der Waals surface area contributed by atoms with Crippen molar-refractivity contribution in [2.75, 3.05) is 6.61 Å². The molecule has 0 aromatic carbocycles. The van der Waals surface area contributed by atoms with Gasteiger partial charge in [-0.25, -0.2) is 4.79 Å². The minimum atomic E-state index is -5.96. The summed E-state index contributed by atoms with van der Waals surface area (Å²) in [5.41, 5.74) is 0. The van der Waals surface area contributed by atoms with E-state index in [0.717, 1.165) is 18.8 Å². The lowest BCUT2D eigenvalue weighted by atomic mass is 9.66. The fourth-order valence-corrected chi connectivity index (χ4v) is 5.85. The summed E-state index contributed by atoms with van der Waals surface area (Å²) in [6.07, 6.45) is 4.68. The third-order valence-electron chi connectivity index (χ3n) is 6.85. The third-order valence-corrected chi connectivity index (χ3v) is 7.67. The molecule has 34 heavy (non-hydrogen) atoms. The maximum atomic E-state index is 13.4. The van der Waals surface area contributed by atoms with E-state index in [0.29, 0.717) is 11.8 Å². The molecule has 3 aliphatic rings. The molecule has 1 aliphatic heterocycles. The van der Waals surface area contributed by atoms with Gasteiger partial charge in [0.25, 0.3) is 0 Å². The third kappa shape index (κ3) is 6.86. The van der Waals surface area contributed by atoms with Gasteiger partial charge in [0.1, 0.15) is 12.7 Å². The van der Waals surface area contributed by atoms with Crippen molar-refractivity contribution in [3.63, 3.8) is 0 Å². The van der Waals surface area contributed by atoms with E-state index in [1.807, 2.05) is 0 Å². The highest BCUT2D eigenvalue weighted by molar-refractivity contribution is 7.87. The van der Waals surface area contributed by atoms with Gasteiger partial charge < -0.3 is 18.9 Å². The maximum Gasteiger partial charge on any atom is 0.465 e. The van der Waals surface area contributed by atoms with Crippen LogP contribution in [0.4, 0.5) is 8.78 Å². The van der Waals surface area contributed by atoms with E-state index in [2.05, 4.69) is 11.7 Å². The number of halogens is 2. The number of ether oxygens (including phenoxy) is 4. The van der Waals surface area contributed by atoms with Gasteiger partial charge in [-0.2, -0.15) is 17.2 Å². The van der Waals surface area contributed by atoms with Crippen LogP contribution < -0.4 is 0 Å². The molecule has 0 spiro atoms. The number of carbonyl (C=O) groups is 2. The zero-order valence-corrected chi connectivity index (χ0v) is 20.5. The van der Waals surface area contributed by atoms with Crippen molar-refractivity contribution >= 4 is 22.1 Å². The summed E-state index contributed by atoms with van der Waals surface area (Å²) in [5, 5.41) is -5.09. The molecule has 2 saturated carbocycles. The Morgan fingerprint density at radius 1 is 1.03 bits per heavy atom. The first-order valence-corrected chi connectivity index (χ1v) is 13.2. The lowest BCUT2D eigenvalue weighted by Crippen LogP contribution is -2.48. The Morgan fingerprint density at radius 2 is 1.62 bits per heavy atom. The Kier molecular flexibility index (Phi) is 8.26. The lowest BCUT2D eigenvalue weighted by Gasteiger charge is -2.42. The van der Waals surface area contributed by atoms with Gasteiger partial charge in [0.2, 0.25) is 0 Å². The Bertz CT molecular complexity index is 846. The first-order valence-electron chi connectivity index (χ1n) is 11.8. The number of carbonyl (C=O) groups excluding carboxylic acids is 2. The van der Waals surface area contributed by atoms with Gasteiger partial charge in [-0.05, 0) is 63.7 Å². The highest BCUT2D eigenvalue weighted by Gasteiger charge is 2.54. The van der Waals surface area contributed by atoms with Crippen molar-refractivity contribution in [3.05, 3.63) is 0 Å². The molecule has 1 heterocycles. The maximum absolute atomic E-state index is 13.4. The topological polar surface area (TPSA) is 125 Å². The molecule has 4 atom stereocenters. The van der Waals surface area contributed by atoms with E-state index in [4.69, 9.17) is 18.8 Å². The molecule has 196 valence electrons. The molecule has 0 amide bonds. The minimum absolute atomic E-state index is 0.0390. The van der Waals surface area contributed by atoms with E-state index in [1.165, 1.54) is 25.7 Å². The standard InChI is InChI=1S/C22H34F2O9S/c1-4-13-5-14-7-15(6-13)9-16(8-14)31-19(25)11-17-10-18(33-21(2,3)32-17)12-30-20(26)22(23,24)34(27,28)29/h13-18H,4-12H2,1-3H3,(H,27,28,29). The van der Waals surface area contributed by atoms with Gasteiger partial charge in [-0.15, -0.1) is 0 Å². The van der Waals surface area contributed by atoms with E-state index in [-0.39, 0.29) is 18.9 Å². The van der Waals surface area contributed by atoms with Crippen LogP contribution in [0.2, 0.25) is 0 Å². The molecule has 9 nitrogen and oxygen atoms in total. The molecule has 0 aromatic rings. The molecular formula is C22H34F2O9S. The summed E-state index contributed by atoms with van der Waals surface area (Å²) in [5.74, 6) is -2.13. The van der Waals surface area contributed by atoms with Crippen LogP contribution in [-0.2, 0) is 38.7 Å². The lowest BCUT2D eigenvalue weighted by molar-refractivity contribution is -0.305. The van der Waals surface area contributed by atoms with E-state index >= 15 is 0 Å². The summed E-state index contributed by atoms with van der Waals surface area (Å²) in [7, 11) is -5.96. The smallest absolute Gasteiger partial charge is 0.462 e. The number of hydrogen-bond donors (Lipinski definition) is 1. The van der Waals surface area contributed by atoms with Crippen molar-refractivity contribution in [1.29, 1.82) is 0 Å². The van der Waals surface area contributed by atoms with Crippen molar-refractivity contribution in [2.45, 2.75) is 101 Å². The second-order valence-corrected chi connectivity index (χ2v) is 11.7. The second kappa shape index (κ2) is 10.3. The zero-order valence-electron chi connectivity index (χ0n) is 19.7. The largest absolute Gasteiger partial charge is 0.465 e. The summed E-state index contributed by atoms with van der Waals surface area (Å²) in [4.78, 5) is 24.1. The van der Waals surface area contributed by atoms with Gasteiger partial charge in [0, 0.05) is 6.42 Å². The molecule has 0 radical (unpaired) electrons. The fraction of sp³-hybridized carbons (Fsp3) is 0.909. The summed E-state index contributed by atoms with van der Waals surface area (Å²) in [6, 6.07) is 0. The van der Waals surface area contributed by atoms with Crippen molar-refractivity contribution in [3.8, 4) is 0 Å². The monoisotopic (exact) mass is 512 g/mol. The summed E-state index contributed by atoms with van der Waals surface area (Å²) < 4.78 is 78.1. The van der Waals surface area contributed by atoms with Gasteiger partial charge in [0.05, 0.1) is 18.6 Å². The zero-order chi connectivity index (χ0) is 25.3. The molecule has 3 fully saturated rings. The van der Waals surface area contributed by atoms with Crippen molar-refractivity contribution < 1.29 is 50.3 Å². The Balaban J connectivity index is 1.51. The first kappa shape index (κ1) is 27.2. The van der Waals surface area contributed by atoms with Crippen LogP contribution in [0.1, 0.15) is 72.1 Å². The van der Waals surface area contributed by atoms with Gasteiger partial charge in [-0.1, -0.05) is 13.3 Å². The predicted molar refractivity (Wildman–Crippen MR) is 114 cm³/mol. The van der Waals surface area contributed by atoms with Crippen LogP contribution in [0.3, 0.4) is 0 Å². The van der Waals surface area contributed by atoms with Gasteiger partial charge >= 0.3 is 27.3 Å². The van der Waals surface area contributed by atoms with Crippen LogP contribution in [0.25, 0.3) is 0 Å². The van der Waals surface area contributed by atoms with Crippen LogP contribution in [0.15, 0.2) is 0 Å². The normalized spacial score (nSPS) is 33.7. The highest BCUT2D eigenvalue weighted by Crippen LogP contribution is 2.44. The van der Waals surface area contributed by atoms with Crippen LogP contribution in [0.5, 0.6) is 0 Å². The van der Waals surface area contributed by atoms with Gasteiger partial charge in [-0.3, -0.25) is 9.35 Å². The summed E-state index contributed by atoms with van der Waals surface area (Å²) in [6.45, 7) is 4.62. The molecule has 2 aliphatic carbocycles. The molecule has 1 N–H and O–H groups in total. The number of rotatable bonds is 8. The van der Waals surface area contributed by atoms with Crippen molar-refractivity contribution in [2.24, 2.45) is 17.8 Å². The van der Waals surface area contributed by atoms with Crippen LogP contribution in [0, 0.1) is 17.8 Å². The Labute approximate surface area is 198 Å². The Morgan fingerprint density at radius 3 is 2.18 bits per heavy atom. The molecule has 1 saturated heterocycles. The van der Waals surface area contributed by atoms with Crippen molar-refractivity contribution in [1.82, 2.24) is 0 Å². The highest BCUT2D eigenvalue weighted by atomic mass is 32.2. The van der Waals surface area contributed by atoms with E-state index in [1.54, 1.807) is 13.8 Å². The fourth-order valence-electron chi connectivity index (χ4n) is 5.58. The molecule has 3 rings (SSSR count). The van der Waals surface area contributed by atoms with Gasteiger partial charge in [0.15, 0.2) is 5.79 Å². The molecule has 2 bridgehead atoms. The number of alkyl halides is 2. The van der Waals surface area contributed by atoms with Crippen LogP contribution >= 0.6 is 0 Å². The molecule has 4 unspecified atom stereocenters. The number of fused-ring (bicyclic) bond motifs is 2. The SMILES string of the molecule is CCC1CC2CC(C1)CC(OC(=O)CC1CC(COC(=O)C(F)(F)S(=O)(=O)O)OC(C)(C)O1)C2. The molecular weight excluding hydrogens is 478 g/mol. The number of esters is 2. The summed E-state index contributed by atoms with van der Waals surface area (Å²) >= 11 is 0. The average molecular weight is 513 g/mol. The minimum Gasteiger partial charge on any atom is -0.462 e. The predicted octanol–water partition coefficient (Wildman–Crippen LogP) is 3.46. The van der Waals surface area contributed by atoms with E-state index < -0.39 is 51.9 Å². The number of hydrogen-bond acceptors (Lipinski definition) is 8. The quantitative estimate of drug-likeness (QED) is 0.384. The first-order chi connectivity index (χ1) is 15.7. The molecule has 12 heteroatoms. The second-order valence-electron chi connectivity index (χ2n) is 10.2. The Hall–Kier alpha value is -1.37. The van der Waals surface area contributed by atoms with E-state index in [9.17, 15) is 26.8 Å². The average Bonchev–Trinajstić information content (AvgIpc) is 2.68. The molecule has 0 aromatic heterocycles.